The van der Waals surface area contributed by atoms with Crippen molar-refractivity contribution in [3.63, 3.8) is 0 Å². The topological polar surface area (TPSA) is 32.3 Å². The average Bonchev–Trinajstić information content (AvgIpc) is 2.96. The van der Waals surface area contributed by atoms with Crippen LogP contribution in [0.1, 0.15) is 77.0 Å². The minimum atomic E-state index is 0.387. The van der Waals surface area contributed by atoms with Crippen LogP contribution in [0.15, 0.2) is 0 Å². The predicted molar refractivity (Wildman–Crippen MR) is 83.7 cm³/mol. The van der Waals surface area contributed by atoms with Crippen molar-refractivity contribution < 1.29 is 5.11 Å². The van der Waals surface area contributed by atoms with Gasteiger partial charge in [0.15, 0.2) is 0 Å². The van der Waals surface area contributed by atoms with Gasteiger partial charge in [0.25, 0.3) is 0 Å². The SMILES string of the molecule is OCC1CCCC1NC1CCCCC1C1CCCCC1. The molecule has 0 aromatic carbocycles. The zero-order valence-corrected chi connectivity index (χ0v) is 13.0. The maximum absolute atomic E-state index is 9.54. The Balaban J connectivity index is 1.59. The number of rotatable bonds is 4. The van der Waals surface area contributed by atoms with Crippen molar-refractivity contribution in [1.82, 2.24) is 5.32 Å². The molecule has 2 nitrogen and oxygen atoms in total. The Hall–Kier alpha value is -0.0800. The molecule has 0 aliphatic heterocycles. The summed E-state index contributed by atoms with van der Waals surface area (Å²) in [4.78, 5) is 0. The molecule has 3 saturated carbocycles. The first-order valence-electron chi connectivity index (χ1n) is 9.25. The van der Waals surface area contributed by atoms with Gasteiger partial charge in [-0.3, -0.25) is 0 Å². The number of hydrogen-bond donors (Lipinski definition) is 2. The van der Waals surface area contributed by atoms with Gasteiger partial charge in [0.2, 0.25) is 0 Å². The van der Waals surface area contributed by atoms with E-state index in [0.717, 1.165) is 17.9 Å². The first-order chi connectivity index (χ1) is 9.88. The van der Waals surface area contributed by atoms with E-state index in [0.29, 0.717) is 18.6 Å². The summed E-state index contributed by atoms with van der Waals surface area (Å²) in [6.07, 6.45) is 16.9. The Kier molecular flexibility index (Phi) is 5.39. The summed E-state index contributed by atoms with van der Waals surface area (Å²) >= 11 is 0. The molecule has 0 spiro atoms. The summed E-state index contributed by atoms with van der Waals surface area (Å²) in [5, 5.41) is 13.5. The van der Waals surface area contributed by atoms with E-state index in [4.69, 9.17) is 0 Å². The number of aliphatic hydroxyl groups is 1. The molecular weight excluding hydrogens is 246 g/mol. The second kappa shape index (κ2) is 7.26. The molecule has 0 aromatic rings. The Morgan fingerprint density at radius 3 is 2.20 bits per heavy atom. The fourth-order valence-electron chi connectivity index (χ4n) is 5.24. The van der Waals surface area contributed by atoms with Crippen LogP contribution in [-0.2, 0) is 0 Å². The van der Waals surface area contributed by atoms with E-state index >= 15 is 0 Å². The van der Waals surface area contributed by atoms with E-state index in [9.17, 15) is 5.11 Å². The van der Waals surface area contributed by atoms with Crippen molar-refractivity contribution in [3.8, 4) is 0 Å². The van der Waals surface area contributed by atoms with Crippen LogP contribution in [0.2, 0.25) is 0 Å². The lowest BCUT2D eigenvalue weighted by atomic mass is 9.70. The highest BCUT2D eigenvalue weighted by molar-refractivity contribution is 4.92. The first kappa shape index (κ1) is 14.8. The minimum absolute atomic E-state index is 0.387. The van der Waals surface area contributed by atoms with Gasteiger partial charge >= 0.3 is 0 Å². The van der Waals surface area contributed by atoms with E-state index in [-0.39, 0.29) is 0 Å². The molecule has 116 valence electrons. The molecule has 0 heterocycles. The third kappa shape index (κ3) is 3.39. The zero-order valence-electron chi connectivity index (χ0n) is 13.0. The van der Waals surface area contributed by atoms with Crippen LogP contribution in [0.4, 0.5) is 0 Å². The monoisotopic (exact) mass is 279 g/mol. The summed E-state index contributed by atoms with van der Waals surface area (Å²) < 4.78 is 0. The third-order valence-electron chi connectivity index (χ3n) is 6.40. The maximum Gasteiger partial charge on any atom is 0.0474 e. The van der Waals surface area contributed by atoms with Crippen molar-refractivity contribution in [2.24, 2.45) is 17.8 Å². The molecule has 3 aliphatic carbocycles. The van der Waals surface area contributed by atoms with Crippen molar-refractivity contribution in [1.29, 1.82) is 0 Å². The lowest BCUT2D eigenvalue weighted by Crippen LogP contribution is -2.48. The maximum atomic E-state index is 9.54. The van der Waals surface area contributed by atoms with Gasteiger partial charge in [0, 0.05) is 18.7 Å². The molecule has 3 rings (SSSR count). The minimum Gasteiger partial charge on any atom is -0.396 e. The molecule has 3 fully saturated rings. The summed E-state index contributed by atoms with van der Waals surface area (Å²) in [5.74, 6) is 2.46. The second-order valence-corrected chi connectivity index (χ2v) is 7.60. The largest absolute Gasteiger partial charge is 0.396 e. The van der Waals surface area contributed by atoms with Gasteiger partial charge < -0.3 is 10.4 Å². The van der Waals surface area contributed by atoms with Gasteiger partial charge in [-0.15, -0.1) is 0 Å². The molecule has 0 saturated heterocycles. The highest BCUT2D eigenvalue weighted by Gasteiger charge is 2.36. The molecule has 0 radical (unpaired) electrons. The van der Waals surface area contributed by atoms with E-state index in [1.165, 1.54) is 77.0 Å². The number of hydrogen-bond acceptors (Lipinski definition) is 2. The Morgan fingerprint density at radius 1 is 0.700 bits per heavy atom. The zero-order chi connectivity index (χ0) is 13.8. The van der Waals surface area contributed by atoms with Gasteiger partial charge in [-0.25, -0.2) is 0 Å². The Labute approximate surface area is 124 Å². The average molecular weight is 279 g/mol. The summed E-state index contributed by atoms with van der Waals surface area (Å²) in [6.45, 7) is 0.387. The molecule has 3 aliphatic rings. The van der Waals surface area contributed by atoms with Crippen LogP contribution in [0.3, 0.4) is 0 Å². The number of aliphatic hydroxyl groups excluding tert-OH is 1. The highest BCUT2D eigenvalue weighted by Crippen LogP contribution is 2.39. The van der Waals surface area contributed by atoms with Crippen molar-refractivity contribution >= 4 is 0 Å². The van der Waals surface area contributed by atoms with Crippen LogP contribution >= 0.6 is 0 Å². The molecule has 0 amide bonds. The number of nitrogens with one attached hydrogen (secondary N) is 1. The van der Waals surface area contributed by atoms with Gasteiger partial charge in [-0.2, -0.15) is 0 Å². The van der Waals surface area contributed by atoms with Crippen molar-refractivity contribution in [2.75, 3.05) is 6.61 Å². The quantitative estimate of drug-likeness (QED) is 0.818. The molecule has 4 unspecified atom stereocenters. The smallest absolute Gasteiger partial charge is 0.0474 e. The first-order valence-corrected chi connectivity index (χ1v) is 9.25. The van der Waals surface area contributed by atoms with Gasteiger partial charge in [-0.05, 0) is 43.4 Å². The molecule has 20 heavy (non-hydrogen) atoms. The summed E-state index contributed by atoms with van der Waals surface area (Å²) in [7, 11) is 0. The fourth-order valence-corrected chi connectivity index (χ4v) is 5.24. The van der Waals surface area contributed by atoms with E-state index < -0.39 is 0 Å². The Bertz CT molecular complexity index is 287. The normalized spacial score (nSPS) is 40.0. The standard InChI is InChI=1S/C18H33NO/c20-13-15-9-6-12-17(15)19-18-11-5-4-10-16(18)14-7-2-1-3-8-14/h14-20H,1-13H2. The lowest BCUT2D eigenvalue weighted by molar-refractivity contribution is 0.126. The molecular formula is C18H33NO. The van der Waals surface area contributed by atoms with Gasteiger partial charge in [0.05, 0.1) is 0 Å². The lowest BCUT2D eigenvalue weighted by Gasteiger charge is -2.41. The summed E-state index contributed by atoms with van der Waals surface area (Å²) in [6, 6.07) is 1.36. The molecule has 0 aromatic heterocycles. The van der Waals surface area contributed by atoms with Gasteiger partial charge in [-0.1, -0.05) is 51.4 Å². The van der Waals surface area contributed by atoms with E-state index in [2.05, 4.69) is 5.32 Å². The fraction of sp³-hybridized carbons (Fsp3) is 1.00. The van der Waals surface area contributed by atoms with Crippen LogP contribution in [0.5, 0.6) is 0 Å². The van der Waals surface area contributed by atoms with E-state index in [1.807, 2.05) is 0 Å². The van der Waals surface area contributed by atoms with Crippen LogP contribution in [0.25, 0.3) is 0 Å². The van der Waals surface area contributed by atoms with Crippen LogP contribution in [-0.4, -0.2) is 23.8 Å². The van der Waals surface area contributed by atoms with Crippen molar-refractivity contribution in [3.05, 3.63) is 0 Å². The third-order valence-corrected chi connectivity index (χ3v) is 6.40. The van der Waals surface area contributed by atoms with Crippen LogP contribution < -0.4 is 5.32 Å². The van der Waals surface area contributed by atoms with E-state index in [1.54, 1.807) is 0 Å². The van der Waals surface area contributed by atoms with Crippen LogP contribution in [0, 0.1) is 17.8 Å². The summed E-state index contributed by atoms with van der Waals surface area (Å²) in [5.41, 5.74) is 0. The second-order valence-electron chi connectivity index (χ2n) is 7.60. The molecule has 2 heteroatoms. The van der Waals surface area contributed by atoms with Gasteiger partial charge in [0.1, 0.15) is 0 Å². The molecule has 0 bridgehead atoms. The molecule has 2 N–H and O–H groups in total. The molecule has 4 atom stereocenters. The Morgan fingerprint density at radius 2 is 1.40 bits per heavy atom. The predicted octanol–water partition coefficient (Wildman–Crippen LogP) is 3.88. The van der Waals surface area contributed by atoms with Crippen molar-refractivity contribution in [2.45, 2.75) is 89.1 Å². The highest BCUT2D eigenvalue weighted by atomic mass is 16.3.